The van der Waals surface area contributed by atoms with Crippen molar-refractivity contribution in [3.8, 4) is 11.8 Å². The van der Waals surface area contributed by atoms with E-state index in [0.717, 1.165) is 24.3 Å². The number of benzene rings is 1. The molecule has 1 N–H and O–H groups in total. The zero-order valence-electron chi connectivity index (χ0n) is 12.6. The van der Waals surface area contributed by atoms with Crippen LogP contribution in [-0.4, -0.2) is 17.8 Å². The minimum absolute atomic E-state index is 0.0262. The Hall–Kier alpha value is -1.37. The van der Waals surface area contributed by atoms with Crippen LogP contribution in [-0.2, 0) is 11.3 Å². The zero-order chi connectivity index (χ0) is 15.1. The summed E-state index contributed by atoms with van der Waals surface area (Å²) in [6, 6.07) is 4.78. The van der Waals surface area contributed by atoms with Gasteiger partial charge in [0.25, 0.3) is 0 Å². The molecule has 1 aliphatic carbocycles. The molecule has 0 bridgehead atoms. The second kappa shape index (κ2) is 8.17. The molecule has 3 heteroatoms. The molecule has 0 amide bonds. The lowest BCUT2D eigenvalue weighted by Crippen LogP contribution is -2.20. The SMILES string of the molecule is CC1CCC(OCc2cc(F)cc(C#CCCO)c2)CC1. The molecule has 2 rings (SSSR count). The molecule has 1 aromatic carbocycles. The quantitative estimate of drug-likeness (QED) is 0.858. The van der Waals surface area contributed by atoms with E-state index in [4.69, 9.17) is 9.84 Å². The standard InChI is InChI=1S/C18H23FO2/c1-14-5-7-18(8-6-14)21-13-16-10-15(4-2-3-9-20)11-17(19)12-16/h10-12,14,18,20H,3,5-9,13H2,1H3. The number of aliphatic hydroxyl groups excluding tert-OH is 1. The Morgan fingerprint density at radius 2 is 2.00 bits per heavy atom. The lowest BCUT2D eigenvalue weighted by Gasteiger charge is -2.26. The molecule has 1 fully saturated rings. The molecule has 0 aromatic heterocycles. The van der Waals surface area contributed by atoms with Crippen molar-refractivity contribution in [1.82, 2.24) is 0 Å². The van der Waals surface area contributed by atoms with Crippen molar-refractivity contribution in [2.24, 2.45) is 5.92 Å². The number of hydrogen-bond acceptors (Lipinski definition) is 2. The van der Waals surface area contributed by atoms with Gasteiger partial charge < -0.3 is 9.84 Å². The lowest BCUT2D eigenvalue weighted by atomic mass is 9.89. The van der Waals surface area contributed by atoms with Gasteiger partial charge in [0.1, 0.15) is 5.82 Å². The molecule has 0 heterocycles. The first kappa shape index (κ1) is 16.0. The molecular formula is C18H23FO2. The van der Waals surface area contributed by atoms with Crippen molar-refractivity contribution in [3.63, 3.8) is 0 Å². The molecule has 0 radical (unpaired) electrons. The van der Waals surface area contributed by atoms with Gasteiger partial charge in [-0.15, -0.1) is 0 Å². The van der Waals surface area contributed by atoms with Gasteiger partial charge in [0.15, 0.2) is 0 Å². The molecule has 1 saturated carbocycles. The molecule has 2 nitrogen and oxygen atoms in total. The maximum atomic E-state index is 13.6. The van der Waals surface area contributed by atoms with E-state index in [1.807, 2.05) is 6.07 Å². The predicted molar refractivity (Wildman–Crippen MR) is 81.2 cm³/mol. The normalized spacial score (nSPS) is 21.7. The third kappa shape index (κ3) is 5.49. The summed E-state index contributed by atoms with van der Waals surface area (Å²) in [6.07, 6.45) is 5.33. The number of aliphatic hydroxyl groups is 1. The van der Waals surface area contributed by atoms with Crippen LogP contribution in [0.1, 0.15) is 50.2 Å². The molecule has 0 saturated heterocycles. The van der Waals surface area contributed by atoms with Gasteiger partial charge in [-0.2, -0.15) is 0 Å². The Kier molecular flexibility index (Phi) is 6.22. The fourth-order valence-electron chi connectivity index (χ4n) is 2.64. The van der Waals surface area contributed by atoms with Crippen LogP contribution in [0, 0.1) is 23.6 Å². The van der Waals surface area contributed by atoms with Crippen molar-refractivity contribution in [3.05, 3.63) is 35.1 Å². The van der Waals surface area contributed by atoms with Crippen molar-refractivity contribution in [2.75, 3.05) is 6.61 Å². The van der Waals surface area contributed by atoms with Crippen LogP contribution in [0.4, 0.5) is 4.39 Å². The Morgan fingerprint density at radius 3 is 2.71 bits per heavy atom. The summed E-state index contributed by atoms with van der Waals surface area (Å²) < 4.78 is 19.5. The zero-order valence-corrected chi connectivity index (χ0v) is 12.6. The topological polar surface area (TPSA) is 29.5 Å². The maximum absolute atomic E-state index is 13.6. The van der Waals surface area contributed by atoms with Crippen LogP contribution in [0.3, 0.4) is 0 Å². The van der Waals surface area contributed by atoms with Gasteiger partial charge in [-0.1, -0.05) is 18.8 Å². The minimum atomic E-state index is -0.290. The number of hydrogen-bond donors (Lipinski definition) is 1. The third-order valence-electron chi connectivity index (χ3n) is 3.88. The van der Waals surface area contributed by atoms with Crippen LogP contribution in [0.25, 0.3) is 0 Å². The molecular weight excluding hydrogens is 267 g/mol. The Morgan fingerprint density at radius 1 is 1.24 bits per heavy atom. The summed E-state index contributed by atoms with van der Waals surface area (Å²) in [4.78, 5) is 0. The highest BCUT2D eigenvalue weighted by molar-refractivity contribution is 5.37. The molecule has 21 heavy (non-hydrogen) atoms. The summed E-state index contributed by atoms with van der Waals surface area (Å²) in [5, 5.41) is 8.70. The van der Waals surface area contributed by atoms with E-state index < -0.39 is 0 Å². The smallest absolute Gasteiger partial charge is 0.124 e. The van der Waals surface area contributed by atoms with Gasteiger partial charge in [-0.25, -0.2) is 4.39 Å². The highest BCUT2D eigenvalue weighted by Crippen LogP contribution is 2.26. The third-order valence-corrected chi connectivity index (χ3v) is 3.88. The molecule has 114 valence electrons. The van der Waals surface area contributed by atoms with Crippen molar-refractivity contribution in [1.29, 1.82) is 0 Å². The molecule has 0 atom stereocenters. The molecule has 0 spiro atoms. The Bertz CT molecular complexity index is 508. The average Bonchev–Trinajstić information content (AvgIpc) is 2.46. The fourth-order valence-corrected chi connectivity index (χ4v) is 2.64. The van der Waals surface area contributed by atoms with E-state index in [1.54, 1.807) is 0 Å². The second-order valence-electron chi connectivity index (χ2n) is 5.82. The number of ether oxygens (including phenoxy) is 1. The molecule has 0 aliphatic heterocycles. The highest BCUT2D eigenvalue weighted by atomic mass is 19.1. The first-order chi connectivity index (χ1) is 10.2. The van der Waals surface area contributed by atoms with Gasteiger partial charge in [-0.05, 0) is 55.4 Å². The van der Waals surface area contributed by atoms with Crippen LogP contribution >= 0.6 is 0 Å². The van der Waals surface area contributed by atoms with Crippen molar-refractivity contribution >= 4 is 0 Å². The van der Waals surface area contributed by atoms with E-state index in [-0.39, 0.29) is 12.4 Å². The predicted octanol–water partition coefficient (Wildman–Crippen LogP) is 3.65. The molecule has 1 aliphatic rings. The molecule has 1 aromatic rings. The van der Waals surface area contributed by atoms with Crippen LogP contribution in [0.15, 0.2) is 18.2 Å². The highest BCUT2D eigenvalue weighted by Gasteiger charge is 2.18. The van der Waals surface area contributed by atoms with Crippen LogP contribution in [0.5, 0.6) is 0 Å². The summed E-state index contributed by atoms with van der Waals surface area (Å²) in [5.41, 5.74) is 1.46. The Labute approximate surface area is 126 Å². The first-order valence-corrected chi connectivity index (χ1v) is 7.68. The number of rotatable bonds is 4. The molecule has 0 unspecified atom stereocenters. The lowest BCUT2D eigenvalue weighted by molar-refractivity contribution is 0.00867. The van der Waals surface area contributed by atoms with Crippen molar-refractivity contribution < 1.29 is 14.2 Å². The summed E-state index contributed by atoms with van der Waals surface area (Å²) in [6.45, 7) is 2.74. The Balaban J connectivity index is 1.92. The largest absolute Gasteiger partial charge is 0.395 e. The van der Waals surface area contributed by atoms with Gasteiger partial charge in [0.05, 0.1) is 19.3 Å². The van der Waals surface area contributed by atoms with E-state index in [0.29, 0.717) is 24.7 Å². The fraction of sp³-hybridized carbons (Fsp3) is 0.556. The average molecular weight is 290 g/mol. The van der Waals surface area contributed by atoms with Gasteiger partial charge in [0.2, 0.25) is 0 Å². The minimum Gasteiger partial charge on any atom is -0.395 e. The summed E-state index contributed by atoms with van der Waals surface area (Å²) >= 11 is 0. The first-order valence-electron chi connectivity index (χ1n) is 7.68. The number of halogens is 1. The van der Waals surface area contributed by atoms with E-state index in [9.17, 15) is 4.39 Å². The van der Waals surface area contributed by atoms with Gasteiger partial charge in [-0.3, -0.25) is 0 Å². The van der Waals surface area contributed by atoms with Crippen LogP contribution < -0.4 is 0 Å². The summed E-state index contributed by atoms with van der Waals surface area (Å²) in [7, 11) is 0. The van der Waals surface area contributed by atoms with E-state index in [1.165, 1.54) is 25.0 Å². The van der Waals surface area contributed by atoms with Crippen molar-refractivity contribution in [2.45, 2.75) is 51.7 Å². The van der Waals surface area contributed by atoms with Gasteiger partial charge >= 0.3 is 0 Å². The monoisotopic (exact) mass is 290 g/mol. The van der Waals surface area contributed by atoms with Crippen LogP contribution in [0.2, 0.25) is 0 Å². The van der Waals surface area contributed by atoms with E-state index >= 15 is 0 Å². The van der Waals surface area contributed by atoms with E-state index in [2.05, 4.69) is 18.8 Å². The summed E-state index contributed by atoms with van der Waals surface area (Å²) in [5.74, 6) is 6.18. The van der Waals surface area contributed by atoms with Gasteiger partial charge in [0, 0.05) is 12.0 Å². The second-order valence-corrected chi connectivity index (χ2v) is 5.82. The maximum Gasteiger partial charge on any atom is 0.124 e.